The first-order valence-corrected chi connectivity index (χ1v) is 14.8. The van der Waals surface area contributed by atoms with Gasteiger partial charge in [0.1, 0.15) is 29.5 Å². The van der Waals surface area contributed by atoms with Crippen LogP contribution in [0.15, 0.2) is 27.6 Å². The second kappa shape index (κ2) is 12.2. The average Bonchev–Trinajstić information content (AvgIpc) is 3.19. The van der Waals surface area contributed by atoms with Crippen molar-refractivity contribution in [3.8, 4) is 17.2 Å². The summed E-state index contributed by atoms with van der Waals surface area (Å²) in [5.41, 5.74) is 5.02. The molecule has 1 unspecified atom stereocenters. The largest absolute Gasteiger partial charge is 0.493 e. The number of hydrogen-bond acceptors (Lipinski definition) is 6. The Hall–Kier alpha value is -2.45. The van der Waals surface area contributed by atoms with E-state index in [0.717, 1.165) is 70.3 Å². The number of fused-ring (bicyclic) bond motifs is 1. The van der Waals surface area contributed by atoms with E-state index < -0.39 is 5.60 Å². The lowest BCUT2D eigenvalue weighted by Crippen LogP contribution is -2.42. The van der Waals surface area contributed by atoms with E-state index in [4.69, 9.17) is 14.2 Å². The second-order valence-electron chi connectivity index (χ2n) is 10.3. The second-order valence-corrected chi connectivity index (χ2v) is 12.2. The van der Waals surface area contributed by atoms with Gasteiger partial charge in [-0.05, 0) is 115 Å². The van der Waals surface area contributed by atoms with Crippen LogP contribution in [0.25, 0.3) is 6.08 Å². The van der Waals surface area contributed by atoms with Crippen molar-refractivity contribution in [1.82, 2.24) is 5.32 Å². The van der Waals surface area contributed by atoms with Crippen LogP contribution in [0.5, 0.6) is 17.2 Å². The Morgan fingerprint density at radius 3 is 2.58 bits per heavy atom. The maximum atomic E-state index is 11.8. The Kier molecular flexibility index (Phi) is 9.14. The zero-order valence-electron chi connectivity index (χ0n) is 22.8. The van der Waals surface area contributed by atoms with Gasteiger partial charge in [0.2, 0.25) is 0 Å². The van der Waals surface area contributed by atoms with Crippen molar-refractivity contribution in [2.75, 3.05) is 13.2 Å². The van der Waals surface area contributed by atoms with Gasteiger partial charge < -0.3 is 14.2 Å². The van der Waals surface area contributed by atoms with Gasteiger partial charge in [0.05, 0.1) is 16.0 Å². The summed E-state index contributed by atoms with van der Waals surface area (Å²) in [4.78, 5) is 23.6. The molecule has 1 fully saturated rings. The molecular formula is C30H36BrNO5S. The number of imide groups is 1. The van der Waals surface area contributed by atoms with Crippen molar-refractivity contribution in [3.05, 3.63) is 55.4 Å². The lowest BCUT2D eigenvalue weighted by Gasteiger charge is -2.38. The van der Waals surface area contributed by atoms with Crippen molar-refractivity contribution < 1.29 is 23.8 Å². The molecule has 0 saturated carbocycles. The normalized spacial score (nSPS) is 19.8. The first-order chi connectivity index (χ1) is 18.1. The minimum atomic E-state index is -0.474. The molecular weight excluding hydrogens is 566 g/mol. The van der Waals surface area contributed by atoms with Crippen LogP contribution in [-0.4, -0.2) is 30.0 Å². The van der Waals surface area contributed by atoms with Crippen LogP contribution >= 0.6 is 27.7 Å². The van der Waals surface area contributed by atoms with Gasteiger partial charge in [-0.3, -0.25) is 14.9 Å². The molecule has 0 spiro atoms. The summed E-state index contributed by atoms with van der Waals surface area (Å²) in [6, 6.07) is 5.60. The zero-order valence-corrected chi connectivity index (χ0v) is 25.2. The molecule has 6 nitrogen and oxygen atoms in total. The molecule has 2 amide bonds. The van der Waals surface area contributed by atoms with Crippen LogP contribution in [0.2, 0.25) is 0 Å². The van der Waals surface area contributed by atoms with Crippen molar-refractivity contribution in [3.63, 3.8) is 0 Å². The third-order valence-electron chi connectivity index (χ3n) is 7.24. The molecule has 38 heavy (non-hydrogen) atoms. The minimum absolute atomic E-state index is 0.352. The van der Waals surface area contributed by atoms with Crippen LogP contribution in [-0.2, 0) is 11.2 Å². The highest BCUT2D eigenvalue weighted by Crippen LogP contribution is 2.44. The summed E-state index contributed by atoms with van der Waals surface area (Å²) in [5, 5.41) is 1.92. The summed E-state index contributed by atoms with van der Waals surface area (Å²) < 4.78 is 19.9. The van der Waals surface area contributed by atoms with E-state index >= 15 is 0 Å². The summed E-state index contributed by atoms with van der Waals surface area (Å²) in [6.07, 6.45) is 8.18. The maximum Gasteiger partial charge on any atom is 0.290 e. The van der Waals surface area contributed by atoms with Crippen LogP contribution in [0, 0.1) is 20.8 Å². The third kappa shape index (κ3) is 6.40. The monoisotopic (exact) mass is 601 g/mol. The van der Waals surface area contributed by atoms with Gasteiger partial charge in [-0.1, -0.05) is 32.3 Å². The number of hydrogen-bond donors (Lipinski definition) is 1. The standard InChI is InChI=1S/C30H36BrNO5S/c1-6-7-8-9-14-35-26-18(2)19(3)27-22(20(26)4)12-13-30(5,37-27)17-36-24-11-10-21(15-23(24)31)16-25-28(33)32-29(34)38-25/h10-11,15-16H,6-9,12-14,17H2,1-5H3,(H,32,33,34)/b25-16+. The van der Waals surface area contributed by atoms with Crippen LogP contribution < -0.4 is 19.5 Å². The number of carbonyl (C=O) groups is 2. The minimum Gasteiger partial charge on any atom is -0.493 e. The fourth-order valence-electron chi connectivity index (χ4n) is 4.83. The summed E-state index contributed by atoms with van der Waals surface area (Å²) >= 11 is 4.48. The predicted molar refractivity (Wildman–Crippen MR) is 156 cm³/mol. The van der Waals surface area contributed by atoms with E-state index in [2.05, 4.69) is 55.9 Å². The molecule has 0 radical (unpaired) electrons. The van der Waals surface area contributed by atoms with E-state index in [1.165, 1.54) is 30.4 Å². The maximum absolute atomic E-state index is 11.8. The summed E-state index contributed by atoms with van der Waals surface area (Å²) in [7, 11) is 0. The van der Waals surface area contributed by atoms with Crippen LogP contribution in [0.3, 0.4) is 0 Å². The van der Waals surface area contributed by atoms with Crippen LogP contribution in [0.4, 0.5) is 4.79 Å². The lowest BCUT2D eigenvalue weighted by molar-refractivity contribution is -0.115. The molecule has 2 heterocycles. The molecule has 204 valence electrons. The first-order valence-electron chi connectivity index (χ1n) is 13.2. The number of benzene rings is 2. The number of halogens is 1. The highest BCUT2D eigenvalue weighted by Gasteiger charge is 2.36. The molecule has 2 aromatic carbocycles. The average molecular weight is 603 g/mol. The fraction of sp³-hybridized carbons (Fsp3) is 0.467. The summed E-state index contributed by atoms with van der Waals surface area (Å²) in [5.74, 6) is 2.29. The van der Waals surface area contributed by atoms with E-state index in [9.17, 15) is 9.59 Å². The first kappa shape index (κ1) is 28.6. The smallest absolute Gasteiger partial charge is 0.290 e. The Labute approximate surface area is 238 Å². The molecule has 2 aliphatic rings. The topological polar surface area (TPSA) is 73.9 Å². The van der Waals surface area contributed by atoms with Crippen molar-refractivity contribution in [1.29, 1.82) is 0 Å². The molecule has 1 saturated heterocycles. The van der Waals surface area contributed by atoms with Crippen molar-refractivity contribution >= 4 is 44.9 Å². The highest BCUT2D eigenvalue weighted by molar-refractivity contribution is 9.10. The molecule has 0 aliphatic carbocycles. The molecule has 1 atom stereocenters. The molecule has 2 aromatic rings. The van der Waals surface area contributed by atoms with Crippen molar-refractivity contribution in [2.24, 2.45) is 0 Å². The van der Waals surface area contributed by atoms with E-state index in [1.807, 2.05) is 18.2 Å². The number of thioether (sulfide) groups is 1. The number of ether oxygens (including phenoxy) is 3. The molecule has 2 aliphatic heterocycles. The van der Waals surface area contributed by atoms with Gasteiger partial charge in [-0.2, -0.15) is 0 Å². The van der Waals surface area contributed by atoms with Gasteiger partial charge in [-0.15, -0.1) is 0 Å². The Morgan fingerprint density at radius 2 is 1.89 bits per heavy atom. The number of unbranched alkanes of at least 4 members (excludes halogenated alkanes) is 3. The highest BCUT2D eigenvalue weighted by atomic mass is 79.9. The number of amides is 2. The Bertz CT molecular complexity index is 1270. The zero-order chi connectivity index (χ0) is 27.4. The Morgan fingerprint density at radius 1 is 1.11 bits per heavy atom. The quantitative estimate of drug-likeness (QED) is 0.221. The van der Waals surface area contributed by atoms with E-state index in [-0.39, 0.29) is 11.1 Å². The van der Waals surface area contributed by atoms with E-state index in [1.54, 1.807) is 6.08 Å². The lowest BCUT2D eigenvalue weighted by atomic mass is 9.87. The van der Waals surface area contributed by atoms with E-state index in [0.29, 0.717) is 17.3 Å². The van der Waals surface area contributed by atoms with Crippen LogP contribution in [0.1, 0.15) is 73.8 Å². The van der Waals surface area contributed by atoms with Gasteiger partial charge in [0.15, 0.2) is 0 Å². The third-order valence-corrected chi connectivity index (χ3v) is 8.67. The Balaban J connectivity index is 1.43. The molecule has 4 rings (SSSR count). The molecule has 0 bridgehead atoms. The number of carbonyl (C=O) groups excluding carboxylic acids is 2. The van der Waals surface area contributed by atoms with Gasteiger partial charge in [0.25, 0.3) is 11.1 Å². The molecule has 1 N–H and O–H groups in total. The van der Waals surface area contributed by atoms with Gasteiger partial charge in [0, 0.05) is 5.56 Å². The molecule has 0 aromatic heterocycles. The molecule has 8 heteroatoms. The fourth-order valence-corrected chi connectivity index (χ4v) is 6.02. The van der Waals surface area contributed by atoms with Gasteiger partial charge in [-0.25, -0.2) is 0 Å². The number of nitrogens with one attached hydrogen (secondary N) is 1. The van der Waals surface area contributed by atoms with Gasteiger partial charge >= 0.3 is 0 Å². The van der Waals surface area contributed by atoms with Crippen molar-refractivity contribution in [2.45, 2.75) is 78.7 Å². The SMILES string of the molecule is CCCCCCOc1c(C)c(C)c2c(c1C)CCC(C)(COc1ccc(/C=C3/SC(=O)NC3=O)cc1Br)O2. The number of rotatable bonds is 10. The summed E-state index contributed by atoms with van der Waals surface area (Å²) in [6.45, 7) is 11.8. The predicted octanol–water partition coefficient (Wildman–Crippen LogP) is 7.82.